The lowest BCUT2D eigenvalue weighted by Crippen LogP contribution is -2.29. The van der Waals surface area contributed by atoms with Gasteiger partial charge in [-0.3, -0.25) is 0 Å². The van der Waals surface area contributed by atoms with Gasteiger partial charge in [-0.05, 0) is 29.6 Å². The molecule has 0 bridgehead atoms. The third-order valence-electron chi connectivity index (χ3n) is 2.37. The molecule has 0 saturated carbocycles. The minimum Gasteiger partial charge on any atom is -0.395 e. The molecule has 0 radical (unpaired) electrons. The Kier molecular flexibility index (Phi) is 8.74. The first-order chi connectivity index (χ1) is 8.26. The van der Waals surface area contributed by atoms with Crippen LogP contribution in [-0.2, 0) is 0 Å². The Bertz CT molecular complexity index is 373. The zero-order valence-electron chi connectivity index (χ0n) is 10.1. The van der Waals surface area contributed by atoms with Gasteiger partial charge in [-0.1, -0.05) is 0 Å². The second kappa shape index (κ2) is 9.16. The molecule has 0 aliphatic carbocycles. The third-order valence-corrected chi connectivity index (χ3v) is 3.13. The molecule has 5 nitrogen and oxygen atoms in total. The number of benzene rings is 1. The van der Waals surface area contributed by atoms with Gasteiger partial charge in [0.1, 0.15) is 5.69 Å². The Morgan fingerprint density at radius 3 is 2.33 bits per heavy atom. The van der Waals surface area contributed by atoms with E-state index in [4.69, 9.17) is 10.2 Å². The molecule has 0 saturated heterocycles. The average Bonchev–Trinajstić information content (AvgIpc) is 2.37. The van der Waals surface area contributed by atoms with Gasteiger partial charge in [0.25, 0.3) is 0 Å². The molecule has 0 aromatic heterocycles. The topological polar surface area (TPSA) is 73.1 Å². The zero-order valence-corrected chi connectivity index (χ0v) is 11.7. The standard InChI is InChI=1S/C11H16N2O3S.ClH/c1-17-11-8-9(2-3-10(11)12-16)13(4-6-14)5-7-15;/h2-3,8,14-15H,4-7H2,1H3;1H. The van der Waals surface area contributed by atoms with Gasteiger partial charge in [0, 0.05) is 23.7 Å². The van der Waals surface area contributed by atoms with Crippen LogP contribution >= 0.6 is 24.2 Å². The molecule has 7 heteroatoms. The van der Waals surface area contributed by atoms with Crippen molar-refractivity contribution in [1.82, 2.24) is 0 Å². The molecule has 0 aliphatic heterocycles. The summed E-state index contributed by atoms with van der Waals surface area (Å²) in [5.74, 6) is 0. The third kappa shape index (κ3) is 4.45. The van der Waals surface area contributed by atoms with Crippen LogP contribution in [0.15, 0.2) is 28.3 Å². The van der Waals surface area contributed by atoms with E-state index in [0.717, 1.165) is 10.6 Å². The maximum atomic E-state index is 10.6. The Labute approximate surface area is 117 Å². The van der Waals surface area contributed by atoms with E-state index in [-0.39, 0.29) is 25.6 Å². The van der Waals surface area contributed by atoms with Crippen LogP contribution in [0.4, 0.5) is 11.4 Å². The summed E-state index contributed by atoms with van der Waals surface area (Å²) in [5, 5.41) is 20.9. The van der Waals surface area contributed by atoms with Crippen LogP contribution in [0.25, 0.3) is 0 Å². The quantitative estimate of drug-likeness (QED) is 0.594. The molecule has 0 aliphatic rings. The number of nitrogens with zero attached hydrogens (tertiary/aromatic N) is 2. The van der Waals surface area contributed by atoms with Crippen LogP contribution < -0.4 is 4.90 Å². The second-order valence-corrected chi connectivity index (χ2v) is 4.23. The van der Waals surface area contributed by atoms with Gasteiger partial charge in [-0.15, -0.1) is 29.1 Å². The van der Waals surface area contributed by atoms with E-state index in [2.05, 4.69) is 5.18 Å². The minimum atomic E-state index is 0. The molecule has 18 heavy (non-hydrogen) atoms. The molecular formula is C11H17ClN2O3S. The lowest BCUT2D eigenvalue weighted by Gasteiger charge is -2.23. The van der Waals surface area contributed by atoms with Crippen molar-refractivity contribution in [2.45, 2.75) is 4.90 Å². The van der Waals surface area contributed by atoms with Crippen LogP contribution in [-0.4, -0.2) is 42.8 Å². The molecule has 0 unspecified atom stereocenters. The van der Waals surface area contributed by atoms with Crippen molar-refractivity contribution in [3.8, 4) is 0 Å². The minimum absolute atomic E-state index is 0. The highest BCUT2D eigenvalue weighted by atomic mass is 35.5. The molecule has 0 spiro atoms. The predicted octanol–water partition coefficient (Wildman–Crippen LogP) is 2.02. The second-order valence-electron chi connectivity index (χ2n) is 3.38. The summed E-state index contributed by atoms with van der Waals surface area (Å²) in [6.07, 6.45) is 1.87. The van der Waals surface area contributed by atoms with E-state index in [1.165, 1.54) is 11.8 Å². The van der Waals surface area contributed by atoms with E-state index < -0.39 is 0 Å². The van der Waals surface area contributed by atoms with Crippen molar-refractivity contribution in [1.29, 1.82) is 0 Å². The first-order valence-corrected chi connectivity index (χ1v) is 6.47. The molecule has 102 valence electrons. The number of halogens is 1. The SMILES string of the molecule is CSc1cc(N(CCO)CCO)ccc1N=O.Cl. The zero-order chi connectivity index (χ0) is 12.7. The lowest BCUT2D eigenvalue weighted by atomic mass is 10.2. The summed E-state index contributed by atoms with van der Waals surface area (Å²) in [5.41, 5.74) is 1.28. The molecule has 0 heterocycles. The summed E-state index contributed by atoms with van der Waals surface area (Å²) in [6.45, 7) is 0.926. The first-order valence-electron chi connectivity index (χ1n) is 5.25. The summed E-state index contributed by atoms with van der Waals surface area (Å²) in [7, 11) is 0. The number of hydrogen-bond acceptors (Lipinski definition) is 6. The summed E-state index contributed by atoms with van der Waals surface area (Å²) < 4.78 is 0. The van der Waals surface area contributed by atoms with E-state index in [1.54, 1.807) is 12.1 Å². The molecule has 1 rings (SSSR count). The fourth-order valence-corrected chi connectivity index (χ4v) is 2.10. The Morgan fingerprint density at radius 1 is 1.28 bits per heavy atom. The number of aliphatic hydroxyl groups excluding tert-OH is 2. The normalized spacial score (nSPS) is 9.72. The molecule has 0 fully saturated rings. The smallest absolute Gasteiger partial charge is 0.121 e. The van der Waals surface area contributed by atoms with Gasteiger partial charge in [0.2, 0.25) is 0 Å². The van der Waals surface area contributed by atoms with Gasteiger partial charge in [0.15, 0.2) is 0 Å². The maximum Gasteiger partial charge on any atom is 0.121 e. The summed E-state index contributed by atoms with van der Waals surface area (Å²) in [6, 6.07) is 5.25. The van der Waals surface area contributed by atoms with Gasteiger partial charge >= 0.3 is 0 Å². The molecular weight excluding hydrogens is 276 g/mol. The molecule has 1 aromatic carbocycles. The van der Waals surface area contributed by atoms with Gasteiger partial charge in [-0.2, -0.15) is 0 Å². The molecule has 2 N–H and O–H groups in total. The highest BCUT2D eigenvalue weighted by Gasteiger charge is 2.09. The number of anilines is 1. The number of thioether (sulfide) groups is 1. The van der Waals surface area contributed by atoms with E-state index in [1.807, 2.05) is 17.2 Å². The van der Waals surface area contributed by atoms with Crippen molar-refractivity contribution in [3.05, 3.63) is 23.1 Å². The van der Waals surface area contributed by atoms with Crippen molar-refractivity contribution in [3.63, 3.8) is 0 Å². The van der Waals surface area contributed by atoms with Crippen molar-refractivity contribution in [2.75, 3.05) is 37.5 Å². The van der Waals surface area contributed by atoms with Gasteiger partial charge in [0.05, 0.1) is 13.2 Å². The summed E-state index contributed by atoms with van der Waals surface area (Å²) >= 11 is 1.44. The van der Waals surface area contributed by atoms with Crippen LogP contribution in [0.5, 0.6) is 0 Å². The average molecular weight is 293 g/mol. The van der Waals surface area contributed by atoms with Crippen molar-refractivity contribution >= 4 is 35.5 Å². The number of hydrogen-bond donors (Lipinski definition) is 2. The maximum absolute atomic E-state index is 10.6. The fraction of sp³-hybridized carbons (Fsp3) is 0.455. The van der Waals surface area contributed by atoms with Gasteiger partial charge in [-0.25, -0.2) is 0 Å². The van der Waals surface area contributed by atoms with E-state index >= 15 is 0 Å². The van der Waals surface area contributed by atoms with E-state index in [9.17, 15) is 4.91 Å². The van der Waals surface area contributed by atoms with E-state index in [0.29, 0.717) is 18.8 Å². The summed E-state index contributed by atoms with van der Waals surface area (Å²) in [4.78, 5) is 13.2. The van der Waals surface area contributed by atoms with Crippen LogP contribution in [0.2, 0.25) is 0 Å². The largest absolute Gasteiger partial charge is 0.395 e. The first kappa shape index (κ1) is 17.2. The van der Waals surface area contributed by atoms with Crippen LogP contribution in [0.1, 0.15) is 0 Å². The molecule has 0 amide bonds. The number of nitroso groups, excluding NO2 is 1. The van der Waals surface area contributed by atoms with Crippen molar-refractivity contribution in [2.24, 2.45) is 5.18 Å². The van der Waals surface area contributed by atoms with Crippen LogP contribution in [0, 0.1) is 4.91 Å². The Morgan fingerprint density at radius 2 is 1.89 bits per heavy atom. The lowest BCUT2D eigenvalue weighted by molar-refractivity contribution is 0.281. The fourth-order valence-electron chi connectivity index (χ4n) is 1.55. The number of aliphatic hydroxyl groups is 2. The van der Waals surface area contributed by atoms with Gasteiger partial charge < -0.3 is 15.1 Å². The highest BCUT2D eigenvalue weighted by molar-refractivity contribution is 7.98. The highest BCUT2D eigenvalue weighted by Crippen LogP contribution is 2.31. The Hall–Kier alpha value is -0.820. The van der Waals surface area contributed by atoms with Crippen LogP contribution in [0.3, 0.4) is 0 Å². The van der Waals surface area contributed by atoms with Crippen molar-refractivity contribution < 1.29 is 10.2 Å². The Balaban J connectivity index is 0.00000289. The monoisotopic (exact) mass is 292 g/mol. The molecule has 0 atom stereocenters. The molecule has 1 aromatic rings. The predicted molar refractivity (Wildman–Crippen MR) is 77.3 cm³/mol. The number of rotatable bonds is 7.